The van der Waals surface area contributed by atoms with E-state index in [1.165, 1.54) is 18.9 Å². The summed E-state index contributed by atoms with van der Waals surface area (Å²) in [5.74, 6) is 0.0745. The molecule has 0 radical (unpaired) electrons. The summed E-state index contributed by atoms with van der Waals surface area (Å²) in [6, 6.07) is 10.3. The average Bonchev–Trinajstić information content (AvgIpc) is 2.58. The van der Waals surface area contributed by atoms with Crippen LogP contribution in [0, 0.1) is 6.92 Å². The number of benzene rings is 2. The molecule has 0 saturated carbocycles. The normalized spacial score (nSPS) is 10.3. The Hall–Kier alpha value is -2.24. The second-order valence-corrected chi connectivity index (χ2v) is 6.59. The van der Waals surface area contributed by atoms with E-state index in [4.69, 9.17) is 27.9 Å². The minimum Gasteiger partial charge on any atom is -0.495 e. The predicted octanol–water partition coefficient (Wildman–Crippen LogP) is 4.69. The molecule has 26 heavy (non-hydrogen) atoms. The van der Waals surface area contributed by atoms with Crippen LogP contribution in [0.2, 0.25) is 10.0 Å². The number of amides is 2. The van der Waals surface area contributed by atoms with Gasteiger partial charge >= 0.3 is 0 Å². The van der Waals surface area contributed by atoms with Crippen molar-refractivity contribution in [3.05, 3.63) is 52.0 Å². The Morgan fingerprint density at radius 1 is 1.19 bits per heavy atom. The van der Waals surface area contributed by atoms with Gasteiger partial charge in [-0.1, -0.05) is 29.3 Å². The lowest BCUT2D eigenvalue weighted by Crippen LogP contribution is -2.32. The van der Waals surface area contributed by atoms with Crippen molar-refractivity contribution in [2.75, 3.05) is 23.9 Å². The first-order valence-corrected chi connectivity index (χ1v) is 8.75. The third kappa shape index (κ3) is 5.13. The zero-order valence-electron chi connectivity index (χ0n) is 14.8. The molecule has 7 heteroatoms. The molecule has 5 nitrogen and oxygen atoms in total. The molecule has 1 N–H and O–H groups in total. The van der Waals surface area contributed by atoms with Gasteiger partial charge in [0.15, 0.2) is 0 Å². The van der Waals surface area contributed by atoms with Gasteiger partial charge in [-0.15, -0.1) is 0 Å². The number of hydrogen-bond acceptors (Lipinski definition) is 3. The number of nitrogens with one attached hydrogen (secondary N) is 1. The van der Waals surface area contributed by atoms with Gasteiger partial charge in [0.2, 0.25) is 11.8 Å². The highest BCUT2D eigenvalue weighted by atomic mass is 35.5. The molecule has 138 valence electrons. The summed E-state index contributed by atoms with van der Waals surface area (Å²) in [6.45, 7) is 3.52. The number of carbonyl (C=O) groups excluding carboxylic acids is 2. The van der Waals surface area contributed by atoms with Crippen molar-refractivity contribution in [3.63, 3.8) is 0 Å². The van der Waals surface area contributed by atoms with Gasteiger partial charge in [-0.3, -0.25) is 9.59 Å². The molecular formula is C19H20Cl2N2O3. The quantitative estimate of drug-likeness (QED) is 0.772. The summed E-state index contributed by atoms with van der Waals surface area (Å²) in [5, 5.41) is 3.89. The minimum atomic E-state index is -0.238. The van der Waals surface area contributed by atoms with Gasteiger partial charge in [-0.25, -0.2) is 0 Å². The van der Waals surface area contributed by atoms with Crippen LogP contribution in [0.5, 0.6) is 5.75 Å². The van der Waals surface area contributed by atoms with E-state index < -0.39 is 0 Å². The lowest BCUT2D eigenvalue weighted by molar-refractivity contribution is -0.117. The Labute approximate surface area is 162 Å². The Balaban J connectivity index is 2.07. The van der Waals surface area contributed by atoms with Crippen molar-refractivity contribution >= 4 is 46.4 Å². The zero-order chi connectivity index (χ0) is 19.3. The lowest BCUT2D eigenvalue weighted by atomic mass is 10.2. The molecule has 0 aromatic heterocycles. The molecule has 0 atom stereocenters. The van der Waals surface area contributed by atoms with Crippen molar-refractivity contribution in [3.8, 4) is 5.75 Å². The maximum Gasteiger partial charge on any atom is 0.226 e. The molecule has 0 heterocycles. The van der Waals surface area contributed by atoms with Crippen molar-refractivity contribution in [2.45, 2.75) is 20.3 Å². The molecule has 2 aromatic rings. The first-order valence-electron chi connectivity index (χ1n) is 7.99. The maximum absolute atomic E-state index is 12.3. The zero-order valence-corrected chi connectivity index (χ0v) is 16.3. The molecule has 0 aliphatic heterocycles. The van der Waals surface area contributed by atoms with Crippen molar-refractivity contribution < 1.29 is 14.3 Å². The van der Waals surface area contributed by atoms with E-state index in [0.717, 1.165) is 5.56 Å². The summed E-state index contributed by atoms with van der Waals surface area (Å²) in [5.41, 5.74) is 2.02. The summed E-state index contributed by atoms with van der Waals surface area (Å²) >= 11 is 12.1. The van der Waals surface area contributed by atoms with Gasteiger partial charge in [0.1, 0.15) is 5.75 Å². The number of nitrogens with zero attached hydrogens (tertiary/aromatic N) is 1. The predicted molar refractivity (Wildman–Crippen MR) is 105 cm³/mol. The van der Waals surface area contributed by atoms with E-state index in [1.807, 2.05) is 6.92 Å². The average molecular weight is 395 g/mol. The van der Waals surface area contributed by atoms with Gasteiger partial charge < -0.3 is 15.0 Å². The molecule has 2 amide bonds. The fourth-order valence-electron chi connectivity index (χ4n) is 2.47. The third-order valence-corrected chi connectivity index (χ3v) is 4.46. The number of aryl methyl sites for hydroxylation is 1. The first kappa shape index (κ1) is 20.1. The molecule has 0 aliphatic carbocycles. The Morgan fingerprint density at radius 2 is 1.92 bits per heavy atom. The number of carbonyl (C=O) groups is 2. The van der Waals surface area contributed by atoms with Gasteiger partial charge in [0.25, 0.3) is 0 Å². The van der Waals surface area contributed by atoms with Crippen LogP contribution in [-0.2, 0) is 9.59 Å². The Bertz CT molecular complexity index is 824. The van der Waals surface area contributed by atoms with Crippen molar-refractivity contribution in [2.24, 2.45) is 0 Å². The molecule has 0 unspecified atom stereocenters. The number of methoxy groups -OCH3 is 1. The third-order valence-electron chi connectivity index (χ3n) is 3.82. The highest BCUT2D eigenvalue weighted by Crippen LogP contribution is 2.31. The van der Waals surface area contributed by atoms with Crippen LogP contribution in [0.15, 0.2) is 36.4 Å². The standard InChI is InChI=1S/C19H20Cl2N2O3/c1-12-9-17(18(26-3)11-16(12)21)22-19(25)7-8-23(13(2)24)15-6-4-5-14(20)10-15/h4-6,9-11H,7-8H2,1-3H3,(H,22,25). The molecule has 0 spiro atoms. The van der Waals surface area contributed by atoms with Crippen molar-refractivity contribution in [1.29, 1.82) is 0 Å². The van der Waals surface area contributed by atoms with Crippen LogP contribution in [0.1, 0.15) is 18.9 Å². The van der Waals surface area contributed by atoms with Gasteiger partial charge in [-0.05, 0) is 36.8 Å². The van der Waals surface area contributed by atoms with Crippen LogP contribution in [-0.4, -0.2) is 25.5 Å². The summed E-state index contributed by atoms with van der Waals surface area (Å²) in [6.07, 6.45) is 0.122. The number of rotatable bonds is 6. The van der Waals surface area contributed by atoms with E-state index >= 15 is 0 Å². The molecule has 2 aromatic carbocycles. The van der Waals surface area contributed by atoms with Gasteiger partial charge in [-0.2, -0.15) is 0 Å². The highest BCUT2D eigenvalue weighted by molar-refractivity contribution is 6.31. The second kappa shape index (κ2) is 8.92. The van der Waals surface area contributed by atoms with Crippen LogP contribution in [0.3, 0.4) is 0 Å². The monoisotopic (exact) mass is 394 g/mol. The van der Waals surface area contributed by atoms with Crippen LogP contribution >= 0.6 is 23.2 Å². The van der Waals surface area contributed by atoms with Crippen LogP contribution in [0.25, 0.3) is 0 Å². The Kier molecular flexibility index (Phi) is 6.89. The fourth-order valence-corrected chi connectivity index (χ4v) is 2.81. The fraction of sp³-hybridized carbons (Fsp3) is 0.263. The van der Waals surface area contributed by atoms with E-state index in [0.29, 0.717) is 27.2 Å². The summed E-state index contributed by atoms with van der Waals surface area (Å²) < 4.78 is 5.25. The van der Waals surface area contributed by atoms with E-state index in [2.05, 4.69) is 5.32 Å². The lowest BCUT2D eigenvalue weighted by Gasteiger charge is -2.21. The topological polar surface area (TPSA) is 58.6 Å². The molecule has 0 saturated heterocycles. The smallest absolute Gasteiger partial charge is 0.226 e. The van der Waals surface area contributed by atoms with Crippen LogP contribution in [0.4, 0.5) is 11.4 Å². The van der Waals surface area contributed by atoms with E-state index in [-0.39, 0.29) is 24.8 Å². The van der Waals surface area contributed by atoms with E-state index in [9.17, 15) is 9.59 Å². The van der Waals surface area contributed by atoms with Crippen LogP contribution < -0.4 is 15.0 Å². The summed E-state index contributed by atoms with van der Waals surface area (Å²) in [7, 11) is 1.51. The SMILES string of the molecule is COc1cc(Cl)c(C)cc1NC(=O)CCN(C(C)=O)c1cccc(Cl)c1. The number of ether oxygens (including phenoxy) is 1. The van der Waals surface area contributed by atoms with Gasteiger partial charge in [0, 0.05) is 41.7 Å². The summed E-state index contributed by atoms with van der Waals surface area (Å²) in [4.78, 5) is 25.8. The first-order chi connectivity index (χ1) is 12.3. The molecule has 0 aliphatic rings. The number of hydrogen-bond donors (Lipinski definition) is 1. The minimum absolute atomic E-state index is 0.122. The maximum atomic E-state index is 12.3. The molecule has 0 bridgehead atoms. The van der Waals surface area contributed by atoms with Crippen molar-refractivity contribution in [1.82, 2.24) is 0 Å². The molecular weight excluding hydrogens is 375 g/mol. The number of halogens is 2. The van der Waals surface area contributed by atoms with E-state index in [1.54, 1.807) is 36.4 Å². The molecule has 0 fully saturated rings. The largest absolute Gasteiger partial charge is 0.495 e. The second-order valence-electron chi connectivity index (χ2n) is 5.75. The number of anilines is 2. The van der Waals surface area contributed by atoms with Gasteiger partial charge in [0.05, 0.1) is 12.8 Å². The highest BCUT2D eigenvalue weighted by Gasteiger charge is 2.15. The molecule has 2 rings (SSSR count). The Morgan fingerprint density at radius 3 is 2.54 bits per heavy atom.